The molecular formula is C24H22FN7O2. The minimum Gasteiger partial charge on any atom is -0.488 e. The van der Waals surface area contributed by atoms with Gasteiger partial charge in [-0.25, -0.2) is 19.3 Å². The lowest BCUT2D eigenvalue weighted by Crippen LogP contribution is -2.51. The van der Waals surface area contributed by atoms with E-state index in [0.29, 0.717) is 35.0 Å². The summed E-state index contributed by atoms with van der Waals surface area (Å²) in [6.45, 7) is 5.13. The molecule has 6 rings (SSSR count). The molecule has 4 aromatic rings. The Bertz CT molecular complexity index is 1380. The molecule has 0 aliphatic carbocycles. The van der Waals surface area contributed by atoms with Crippen LogP contribution in [0.2, 0.25) is 0 Å². The van der Waals surface area contributed by atoms with Gasteiger partial charge in [0.15, 0.2) is 17.4 Å². The van der Waals surface area contributed by atoms with Crippen molar-refractivity contribution in [2.24, 2.45) is 0 Å². The van der Waals surface area contributed by atoms with Crippen LogP contribution in [0.4, 0.5) is 21.7 Å². The summed E-state index contributed by atoms with van der Waals surface area (Å²) in [5.74, 6) is 2.67. The first-order chi connectivity index (χ1) is 16.6. The highest BCUT2D eigenvalue weighted by atomic mass is 19.1. The van der Waals surface area contributed by atoms with Gasteiger partial charge in [0.1, 0.15) is 35.8 Å². The summed E-state index contributed by atoms with van der Waals surface area (Å²) in [4.78, 5) is 19.8. The van der Waals surface area contributed by atoms with E-state index in [2.05, 4.69) is 30.5 Å². The van der Waals surface area contributed by atoms with E-state index in [1.165, 1.54) is 18.6 Å². The lowest BCUT2D eigenvalue weighted by Gasteiger charge is -2.31. The maximum atomic E-state index is 13.4. The van der Waals surface area contributed by atoms with Gasteiger partial charge in [0.25, 0.3) is 0 Å². The third kappa shape index (κ3) is 3.92. The fourth-order valence-electron chi connectivity index (χ4n) is 4.26. The molecule has 34 heavy (non-hydrogen) atoms. The van der Waals surface area contributed by atoms with Crippen LogP contribution in [0.5, 0.6) is 17.2 Å². The smallest absolute Gasteiger partial charge is 0.172 e. The number of halogens is 1. The monoisotopic (exact) mass is 459 g/mol. The predicted molar refractivity (Wildman–Crippen MR) is 126 cm³/mol. The quantitative estimate of drug-likeness (QED) is 0.475. The van der Waals surface area contributed by atoms with E-state index >= 15 is 0 Å². The first-order valence-corrected chi connectivity index (χ1v) is 11.1. The van der Waals surface area contributed by atoms with Crippen molar-refractivity contribution in [2.75, 3.05) is 36.5 Å². The van der Waals surface area contributed by atoms with Crippen molar-refractivity contribution >= 4 is 28.4 Å². The summed E-state index contributed by atoms with van der Waals surface area (Å²) in [5.41, 5.74) is 3.06. The highest BCUT2D eigenvalue weighted by Crippen LogP contribution is 2.35. The maximum Gasteiger partial charge on any atom is 0.172 e. The fraction of sp³-hybridized carbons (Fsp3) is 0.250. The number of fused-ring (bicyclic) bond motifs is 5. The molecule has 1 aromatic carbocycles. The van der Waals surface area contributed by atoms with E-state index in [1.54, 1.807) is 0 Å². The van der Waals surface area contributed by atoms with Gasteiger partial charge in [0.05, 0.1) is 24.0 Å². The second kappa shape index (κ2) is 8.38. The molecule has 3 aromatic heterocycles. The van der Waals surface area contributed by atoms with Gasteiger partial charge in [-0.05, 0) is 30.7 Å². The second-order valence-corrected chi connectivity index (χ2v) is 8.35. The average molecular weight is 459 g/mol. The number of aryl methyl sites for hydroxylation is 1. The molecule has 2 aliphatic heterocycles. The first kappa shape index (κ1) is 20.5. The van der Waals surface area contributed by atoms with Crippen LogP contribution in [0.1, 0.15) is 5.56 Å². The Hall–Kier alpha value is -4.05. The van der Waals surface area contributed by atoms with Gasteiger partial charge >= 0.3 is 0 Å². The topological polar surface area (TPSA) is 97.3 Å². The summed E-state index contributed by atoms with van der Waals surface area (Å²) in [6, 6.07) is 9.13. The molecule has 9 nitrogen and oxygen atoms in total. The van der Waals surface area contributed by atoms with E-state index in [4.69, 9.17) is 14.5 Å². The molecule has 10 heteroatoms. The van der Waals surface area contributed by atoms with E-state index in [1.807, 2.05) is 31.2 Å². The summed E-state index contributed by atoms with van der Waals surface area (Å²) in [7, 11) is 0. The highest BCUT2D eigenvalue weighted by molar-refractivity contribution is 5.90. The van der Waals surface area contributed by atoms with Gasteiger partial charge in [-0.15, -0.1) is 0 Å². The van der Waals surface area contributed by atoms with Crippen molar-refractivity contribution in [3.63, 3.8) is 0 Å². The van der Waals surface area contributed by atoms with Gasteiger partial charge in [0, 0.05) is 37.5 Å². The van der Waals surface area contributed by atoms with Crippen LogP contribution in [-0.2, 0) is 0 Å². The van der Waals surface area contributed by atoms with E-state index in [0.717, 1.165) is 48.6 Å². The molecule has 2 N–H and O–H groups in total. The standard InChI is InChI=1S/C24H22FN7O2/c1-14-6-16(2-3-20(14)34-18-7-15(25)9-26-10-18)30-23-22-19(28-13-29-23)8-21-24(31-22)32-5-4-27-17(11-32)12-33-21/h2-3,6-10,13,17,27H,4-5,11-12H2,1H3,(H,28,29,30)/t17-/m0/s1. The molecule has 0 amide bonds. The summed E-state index contributed by atoms with van der Waals surface area (Å²) in [6.07, 6.45) is 4.12. The predicted octanol–water partition coefficient (Wildman–Crippen LogP) is 3.57. The lowest BCUT2D eigenvalue weighted by molar-refractivity contribution is 0.271. The molecule has 1 atom stereocenters. The third-order valence-electron chi connectivity index (χ3n) is 5.90. The molecule has 0 spiro atoms. The fourth-order valence-corrected chi connectivity index (χ4v) is 4.26. The average Bonchev–Trinajstić information content (AvgIpc) is 2.95. The van der Waals surface area contributed by atoms with E-state index in [-0.39, 0.29) is 6.04 Å². The van der Waals surface area contributed by atoms with Crippen molar-refractivity contribution in [3.8, 4) is 17.2 Å². The van der Waals surface area contributed by atoms with Crippen molar-refractivity contribution < 1.29 is 13.9 Å². The number of aromatic nitrogens is 4. The molecule has 1 saturated heterocycles. The Kier molecular flexibility index (Phi) is 5.06. The third-order valence-corrected chi connectivity index (χ3v) is 5.90. The number of pyridine rings is 2. The molecule has 1 fully saturated rings. The Morgan fingerprint density at radius 3 is 3.03 bits per heavy atom. The van der Waals surface area contributed by atoms with Gasteiger partial charge in [0.2, 0.25) is 0 Å². The summed E-state index contributed by atoms with van der Waals surface area (Å²) >= 11 is 0. The minimum absolute atomic E-state index is 0.279. The van der Waals surface area contributed by atoms with Gasteiger partial charge in [-0.1, -0.05) is 0 Å². The minimum atomic E-state index is -0.448. The number of rotatable bonds is 4. The van der Waals surface area contributed by atoms with Crippen LogP contribution in [0.25, 0.3) is 11.0 Å². The van der Waals surface area contributed by atoms with Crippen molar-refractivity contribution in [3.05, 3.63) is 60.4 Å². The van der Waals surface area contributed by atoms with E-state index < -0.39 is 5.82 Å². The molecule has 0 saturated carbocycles. The molecule has 0 radical (unpaired) electrons. The van der Waals surface area contributed by atoms with Crippen LogP contribution < -0.4 is 25.0 Å². The van der Waals surface area contributed by atoms with Crippen LogP contribution in [0.15, 0.2) is 49.1 Å². The van der Waals surface area contributed by atoms with Crippen LogP contribution in [-0.4, -0.2) is 52.2 Å². The number of hydrogen-bond acceptors (Lipinski definition) is 9. The number of ether oxygens (including phenoxy) is 2. The largest absolute Gasteiger partial charge is 0.488 e. The zero-order valence-corrected chi connectivity index (χ0v) is 18.5. The zero-order valence-electron chi connectivity index (χ0n) is 18.5. The van der Waals surface area contributed by atoms with Gasteiger partial charge in [-0.2, -0.15) is 0 Å². The zero-order chi connectivity index (χ0) is 23.1. The number of nitrogens with zero attached hydrogens (tertiary/aromatic N) is 5. The van der Waals surface area contributed by atoms with Crippen LogP contribution in [0.3, 0.4) is 0 Å². The summed E-state index contributed by atoms with van der Waals surface area (Å²) in [5, 5.41) is 6.82. The number of benzene rings is 1. The molecule has 2 aliphatic rings. The van der Waals surface area contributed by atoms with Gasteiger partial charge in [-0.3, -0.25) is 4.98 Å². The molecule has 0 unspecified atom stereocenters. The summed E-state index contributed by atoms with van der Waals surface area (Å²) < 4.78 is 25.2. The molecule has 172 valence electrons. The number of anilines is 3. The number of piperazine rings is 1. The molecular weight excluding hydrogens is 437 g/mol. The van der Waals surface area contributed by atoms with E-state index in [9.17, 15) is 4.39 Å². The Labute approximate surface area is 195 Å². The van der Waals surface area contributed by atoms with Crippen molar-refractivity contribution in [1.82, 2.24) is 25.3 Å². The Balaban J connectivity index is 1.30. The first-order valence-electron chi connectivity index (χ1n) is 11.1. The second-order valence-electron chi connectivity index (χ2n) is 8.35. The normalized spacial score (nSPS) is 17.0. The van der Waals surface area contributed by atoms with Crippen LogP contribution in [0, 0.1) is 12.7 Å². The van der Waals surface area contributed by atoms with Crippen LogP contribution >= 0.6 is 0 Å². The number of nitrogens with one attached hydrogen (secondary N) is 2. The number of hydrogen-bond donors (Lipinski definition) is 2. The highest BCUT2D eigenvalue weighted by Gasteiger charge is 2.28. The molecule has 2 bridgehead atoms. The molecule has 5 heterocycles. The Morgan fingerprint density at radius 2 is 2.15 bits per heavy atom. The van der Waals surface area contributed by atoms with Gasteiger partial charge < -0.3 is 25.0 Å². The maximum absolute atomic E-state index is 13.4. The lowest BCUT2D eigenvalue weighted by atomic mass is 10.2. The van der Waals surface area contributed by atoms with Crippen molar-refractivity contribution in [1.29, 1.82) is 0 Å². The Morgan fingerprint density at radius 1 is 1.21 bits per heavy atom. The van der Waals surface area contributed by atoms with Crippen molar-refractivity contribution in [2.45, 2.75) is 13.0 Å². The SMILES string of the molecule is Cc1cc(Nc2ncnc3cc4c(nc23)N2CCN[C@H](CO4)C2)ccc1Oc1cncc(F)c1.